The summed E-state index contributed by atoms with van der Waals surface area (Å²) in [5, 5.41) is 18.3. The highest BCUT2D eigenvalue weighted by molar-refractivity contribution is 5.84. The molecule has 0 aromatic heterocycles. The summed E-state index contributed by atoms with van der Waals surface area (Å²) in [6.07, 6.45) is 8.61. The van der Waals surface area contributed by atoms with Crippen LogP contribution >= 0.6 is 0 Å². The number of nitrogens with zero attached hydrogens (tertiary/aromatic N) is 2. The van der Waals surface area contributed by atoms with Gasteiger partial charge in [0.1, 0.15) is 19.0 Å². The number of piperidine rings is 1. The number of hydrogen-bond acceptors (Lipinski definition) is 9. The number of carbonyl (C=O) groups is 3. The molecular formula is C44H74N4O8. The zero-order valence-electron chi connectivity index (χ0n) is 35.0. The molecular weight excluding hydrogens is 713 g/mol. The second kappa shape index (κ2) is 25.7. The summed E-state index contributed by atoms with van der Waals surface area (Å²) >= 11 is 0. The highest BCUT2D eigenvalue weighted by atomic mass is 16.7. The van der Waals surface area contributed by atoms with Gasteiger partial charge < -0.3 is 39.6 Å². The maximum Gasteiger partial charge on any atom is 0.252 e. The fourth-order valence-electron chi connectivity index (χ4n) is 8.43. The molecule has 0 bridgehead atoms. The van der Waals surface area contributed by atoms with Crippen molar-refractivity contribution in [1.29, 1.82) is 0 Å². The third-order valence-electron chi connectivity index (χ3n) is 12.0. The van der Waals surface area contributed by atoms with Gasteiger partial charge in [0.15, 0.2) is 0 Å². The SMILES string of the molecule is CCCC[C@H](O[C@@H](Cc1ccccc1)C(=O)N1CCC(OCOC)CC1)C(=O)N[C@@H](CC1CCCCC1)[C@@H](O)C[C@@H](C(=O)NCCCN1CCOCC1)C(C)C. The molecule has 56 heavy (non-hydrogen) atoms. The van der Waals surface area contributed by atoms with E-state index in [1.54, 1.807) is 7.11 Å². The van der Waals surface area contributed by atoms with Crippen LogP contribution in [0.3, 0.4) is 0 Å². The number of benzene rings is 1. The molecule has 12 nitrogen and oxygen atoms in total. The first-order valence-electron chi connectivity index (χ1n) is 21.8. The number of rotatable bonds is 24. The molecule has 3 amide bonds. The zero-order chi connectivity index (χ0) is 40.1. The summed E-state index contributed by atoms with van der Waals surface area (Å²) in [7, 11) is 1.60. The van der Waals surface area contributed by atoms with Crippen molar-refractivity contribution in [1.82, 2.24) is 20.4 Å². The molecule has 1 aromatic rings. The summed E-state index contributed by atoms with van der Waals surface area (Å²) in [6, 6.07) is 9.27. The lowest BCUT2D eigenvalue weighted by Crippen LogP contribution is -2.52. The minimum Gasteiger partial charge on any atom is -0.391 e. The second-order valence-corrected chi connectivity index (χ2v) is 16.7. The van der Waals surface area contributed by atoms with Gasteiger partial charge in [-0.1, -0.05) is 96.0 Å². The van der Waals surface area contributed by atoms with Crippen molar-refractivity contribution in [3.8, 4) is 0 Å². The van der Waals surface area contributed by atoms with E-state index < -0.39 is 30.3 Å². The monoisotopic (exact) mass is 787 g/mol. The quantitative estimate of drug-likeness (QED) is 0.0966. The van der Waals surface area contributed by atoms with Crippen molar-refractivity contribution in [3.63, 3.8) is 0 Å². The smallest absolute Gasteiger partial charge is 0.252 e. The number of aliphatic hydroxyl groups is 1. The molecule has 1 saturated carbocycles. The maximum atomic E-state index is 14.4. The molecule has 3 N–H and O–H groups in total. The fraction of sp³-hybridized carbons (Fsp3) is 0.795. The number of ether oxygens (including phenoxy) is 4. The molecule has 0 spiro atoms. The zero-order valence-corrected chi connectivity index (χ0v) is 35.0. The van der Waals surface area contributed by atoms with Gasteiger partial charge in [-0.25, -0.2) is 0 Å². The number of likely N-dealkylation sites (tertiary alicyclic amines) is 1. The topological polar surface area (TPSA) is 139 Å². The first kappa shape index (κ1) is 46.1. The van der Waals surface area contributed by atoms with E-state index in [1.807, 2.05) is 49.1 Å². The molecule has 0 unspecified atom stereocenters. The van der Waals surface area contributed by atoms with Crippen molar-refractivity contribution in [3.05, 3.63) is 35.9 Å². The van der Waals surface area contributed by atoms with E-state index in [4.69, 9.17) is 18.9 Å². The Morgan fingerprint density at radius 1 is 0.929 bits per heavy atom. The molecule has 0 radical (unpaired) electrons. The number of methoxy groups -OCH3 is 1. The molecule has 12 heteroatoms. The molecule has 318 valence electrons. The van der Waals surface area contributed by atoms with Crippen LogP contribution in [0.2, 0.25) is 0 Å². The van der Waals surface area contributed by atoms with Gasteiger partial charge in [-0.15, -0.1) is 0 Å². The normalized spacial score (nSPS) is 20.3. The van der Waals surface area contributed by atoms with Crippen LogP contribution in [0.5, 0.6) is 0 Å². The van der Waals surface area contributed by atoms with Crippen LogP contribution in [0.25, 0.3) is 0 Å². The van der Waals surface area contributed by atoms with Crippen LogP contribution in [0, 0.1) is 17.8 Å². The van der Waals surface area contributed by atoms with Gasteiger partial charge in [0.2, 0.25) is 11.8 Å². The second-order valence-electron chi connectivity index (χ2n) is 16.7. The van der Waals surface area contributed by atoms with Gasteiger partial charge in [0, 0.05) is 52.2 Å². The van der Waals surface area contributed by atoms with Crippen LogP contribution in [0.15, 0.2) is 30.3 Å². The van der Waals surface area contributed by atoms with Gasteiger partial charge in [0.25, 0.3) is 5.91 Å². The molecule has 4 rings (SSSR count). The van der Waals surface area contributed by atoms with Crippen LogP contribution in [-0.4, -0.2) is 129 Å². The first-order valence-corrected chi connectivity index (χ1v) is 21.8. The van der Waals surface area contributed by atoms with Crippen molar-refractivity contribution < 1.29 is 38.4 Å². The van der Waals surface area contributed by atoms with Gasteiger partial charge >= 0.3 is 0 Å². The van der Waals surface area contributed by atoms with Crippen LogP contribution in [0.1, 0.15) is 110 Å². The third-order valence-corrected chi connectivity index (χ3v) is 12.0. The number of hydrogen-bond donors (Lipinski definition) is 3. The average molecular weight is 787 g/mol. The Morgan fingerprint density at radius 2 is 1.64 bits per heavy atom. The molecule has 2 saturated heterocycles. The standard InChI is InChI=1S/C44H74N4O8/c1-5-6-18-40(56-41(30-35-16-11-8-12-17-35)44(52)48-23-19-36(20-24-48)55-32-53-4)43(51)46-38(29-34-14-9-7-10-15-34)39(49)31-37(33(2)3)42(50)45-21-13-22-47-25-27-54-28-26-47/h8,11-12,16-17,33-34,36-41,49H,5-7,9-10,13-15,18-32H2,1-4H3,(H,45,50)(H,46,51)/t37-,38+,39+,40+,41+/m1/s1. The summed E-state index contributed by atoms with van der Waals surface area (Å²) in [5.41, 5.74) is 0.962. The van der Waals surface area contributed by atoms with Crippen molar-refractivity contribution in [2.75, 3.05) is 66.4 Å². The van der Waals surface area contributed by atoms with Gasteiger partial charge in [0.05, 0.1) is 31.5 Å². The van der Waals surface area contributed by atoms with E-state index in [0.29, 0.717) is 57.7 Å². The van der Waals surface area contributed by atoms with Crippen LogP contribution in [0.4, 0.5) is 0 Å². The van der Waals surface area contributed by atoms with Crippen molar-refractivity contribution >= 4 is 17.7 Å². The minimum absolute atomic E-state index is 0.0110. The molecule has 5 atom stereocenters. The molecule has 2 aliphatic heterocycles. The largest absolute Gasteiger partial charge is 0.391 e. The Bertz CT molecular complexity index is 1250. The Hall–Kier alpha value is -2.61. The molecule has 1 aliphatic carbocycles. The van der Waals surface area contributed by atoms with Crippen molar-refractivity contribution in [2.24, 2.45) is 17.8 Å². The number of amides is 3. The Kier molecular flexibility index (Phi) is 21.1. The number of morpholine rings is 1. The molecule has 3 aliphatic rings. The van der Waals surface area contributed by atoms with Gasteiger partial charge in [-0.05, 0) is 62.5 Å². The summed E-state index contributed by atoms with van der Waals surface area (Å²) in [4.78, 5) is 46.3. The Morgan fingerprint density at radius 3 is 2.30 bits per heavy atom. The molecule has 2 heterocycles. The van der Waals surface area contributed by atoms with E-state index in [2.05, 4.69) is 22.5 Å². The minimum atomic E-state index is -0.914. The Balaban J connectivity index is 1.46. The highest BCUT2D eigenvalue weighted by Crippen LogP contribution is 2.30. The lowest BCUT2D eigenvalue weighted by Gasteiger charge is -2.36. The van der Waals surface area contributed by atoms with E-state index >= 15 is 0 Å². The molecule has 1 aromatic carbocycles. The third kappa shape index (κ3) is 16.0. The van der Waals surface area contributed by atoms with Gasteiger partial charge in [-0.3, -0.25) is 19.3 Å². The van der Waals surface area contributed by atoms with E-state index in [-0.39, 0.29) is 43.0 Å². The molecule has 3 fully saturated rings. The van der Waals surface area contributed by atoms with Crippen LogP contribution < -0.4 is 10.6 Å². The fourth-order valence-corrected chi connectivity index (χ4v) is 8.43. The maximum absolute atomic E-state index is 14.4. The first-order chi connectivity index (χ1) is 27.2. The highest BCUT2D eigenvalue weighted by Gasteiger charge is 2.36. The summed E-state index contributed by atoms with van der Waals surface area (Å²) < 4.78 is 22.9. The van der Waals surface area contributed by atoms with E-state index in [1.165, 1.54) is 6.42 Å². The number of aliphatic hydroxyl groups excluding tert-OH is 1. The predicted octanol–water partition coefficient (Wildman–Crippen LogP) is 5.10. The van der Waals surface area contributed by atoms with Crippen LogP contribution in [-0.2, 0) is 39.8 Å². The Labute approximate surface area is 337 Å². The van der Waals surface area contributed by atoms with E-state index in [9.17, 15) is 19.5 Å². The average Bonchev–Trinajstić information content (AvgIpc) is 3.22. The predicted molar refractivity (Wildman–Crippen MR) is 218 cm³/mol. The lowest BCUT2D eigenvalue weighted by atomic mass is 9.81. The lowest BCUT2D eigenvalue weighted by molar-refractivity contribution is -0.157. The number of carbonyl (C=O) groups excluding carboxylic acids is 3. The van der Waals surface area contributed by atoms with Crippen molar-refractivity contribution in [2.45, 2.75) is 141 Å². The van der Waals surface area contributed by atoms with Gasteiger partial charge in [-0.2, -0.15) is 0 Å². The van der Waals surface area contributed by atoms with E-state index in [0.717, 1.165) is 83.4 Å². The number of nitrogens with one attached hydrogen (secondary N) is 2. The summed E-state index contributed by atoms with van der Waals surface area (Å²) in [5.74, 6) is -0.481. The number of unbranched alkanes of at least 4 members (excludes halogenated alkanes) is 1. The summed E-state index contributed by atoms with van der Waals surface area (Å²) in [6.45, 7) is 12.3.